The monoisotopic (exact) mass is 298 g/mol. The van der Waals surface area contributed by atoms with Crippen LogP contribution in [0.2, 0.25) is 0 Å². The SMILES string of the molecule is C/C(=C\C(=O)OCCc1ccccc1)c1ccc(O)c(O)c1. The van der Waals surface area contributed by atoms with E-state index in [1.165, 1.54) is 18.2 Å². The molecular weight excluding hydrogens is 280 g/mol. The lowest BCUT2D eigenvalue weighted by Crippen LogP contribution is -2.05. The van der Waals surface area contributed by atoms with Crippen LogP contribution in [0, 0.1) is 0 Å². The van der Waals surface area contributed by atoms with Crippen molar-refractivity contribution in [3.05, 3.63) is 65.7 Å². The largest absolute Gasteiger partial charge is 0.504 e. The minimum absolute atomic E-state index is 0.193. The van der Waals surface area contributed by atoms with Gasteiger partial charge in [0.15, 0.2) is 11.5 Å². The first-order chi connectivity index (χ1) is 10.6. The first kappa shape index (κ1) is 15.6. The molecule has 0 heterocycles. The number of ether oxygens (including phenoxy) is 1. The van der Waals surface area contributed by atoms with Gasteiger partial charge in [-0.05, 0) is 35.8 Å². The van der Waals surface area contributed by atoms with Gasteiger partial charge in [0.1, 0.15) is 0 Å². The Bertz CT molecular complexity index is 675. The molecule has 22 heavy (non-hydrogen) atoms. The fourth-order valence-electron chi connectivity index (χ4n) is 1.98. The number of benzene rings is 2. The lowest BCUT2D eigenvalue weighted by Gasteiger charge is -2.05. The average molecular weight is 298 g/mol. The summed E-state index contributed by atoms with van der Waals surface area (Å²) in [6, 6.07) is 14.2. The molecule has 0 atom stereocenters. The van der Waals surface area contributed by atoms with Gasteiger partial charge in [-0.25, -0.2) is 4.79 Å². The average Bonchev–Trinajstić information content (AvgIpc) is 2.51. The molecule has 4 heteroatoms. The highest BCUT2D eigenvalue weighted by Crippen LogP contribution is 2.28. The van der Waals surface area contributed by atoms with Crippen LogP contribution >= 0.6 is 0 Å². The molecule has 0 saturated carbocycles. The summed E-state index contributed by atoms with van der Waals surface area (Å²) in [5, 5.41) is 18.7. The van der Waals surface area contributed by atoms with Gasteiger partial charge in [0, 0.05) is 12.5 Å². The number of esters is 1. The molecule has 0 spiro atoms. The Morgan fingerprint density at radius 3 is 2.50 bits per heavy atom. The molecule has 0 saturated heterocycles. The molecular formula is C18H18O4. The van der Waals surface area contributed by atoms with Crippen molar-refractivity contribution in [3.8, 4) is 11.5 Å². The summed E-state index contributed by atoms with van der Waals surface area (Å²) in [5.74, 6) is -0.842. The molecule has 114 valence electrons. The first-order valence-corrected chi connectivity index (χ1v) is 6.97. The molecule has 0 aliphatic carbocycles. The van der Waals surface area contributed by atoms with Crippen LogP contribution in [0.3, 0.4) is 0 Å². The van der Waals surface area contributed by atoms with Crippen LogP contribution in [-0.4, -0.2) is 22.8 Å². The van der Waals surface area contributed by atoms with Crippen molar-refractivity contribution in [2.75, 3.05) is 6.61 Å². The molecule has 2 aromatic rings. The fraction of sp³-hybridized carbons (Fsp3) is 0.167. The predicted octanol–water partition coefficient (Wildman–Crippen LogP) is 3.29. The van der Waals surface area contributed by atoms with Gasteiger partial charge in [-0.1, -0.05) is 36.4 Å². The molecule has 0 unspecified atom stereocenters. The Morgan fingerprint density at radius 1 is 1.09 bits per heavy atom. The Morgan fingerprint density at radius 2 is 1.82 bits per heavy atom. The van der Waals surface area contributed by atoms with Crippen molar-refractivity contribution >= 4 is 11.5 Å². The zero-order chi connectivity index (χ0) is 15.9. The van der Waals surface area contributed by atoms with E-state index in [1.54, 1.807) is 13.0 Å². The Kier molecular flexibility index (Phi) is 5.20. The van der Waals surface area contributed by atoms with E-state index in [2.05, 4.69) is 0 Å². The zero-order valence-electron chi connectivity index (χ0n) is 12.3. The maximum Gasteiger partial charge on any atom is 0.331 e. The summed E-state index contributed by atoms with van der Waals surface area (Å²) < 4.78 is 5.16. The molecule has 2 aromatic carbocycles. The summed E-state index contributed by atoms with van der Waals surface area (Å²) in [6.45, 7) is 2.05. The van der Waals surface area contributed by atoms with Crippen LogP contribution in [-0.2, 0) is 16.0 Å². The van der Waals surface area contributed by atoms with E-state index >= 15 is 0 Å². The van der Waals surface area contributed by atoms with Crippen molar-refractivity contribution < 1.29 is 19.7 Å². The standard InChI is InChI=1S/C18H18O4/c1-13(15-7-8-16(19)17(20)12-15)11-18(21)22-10-9-14-5-3-2-4-6-14/h2-8,11-12,19-20H,9-10H2,1H3/b13-11+. The van der Waals surface area contributed by atoms with E-state index in [9.17, 15) is 15.0 Å². The summed E-state index contributed by atoms with van der Waals surface area (Å²) in [5.41, 5.74) is 2.41. The molecule has 4 nitrogen and oxygen atoms in total. The third-order valence-corrected chi connectivity index (χ3v) is 3.24. The van der Waals surface area contributed by atoms with Crippen LogP contribution in [0.25, 0.3) is 5.57 Å². The van der Waals surface area contributed by atoms with Crippen LogP contribution in [0.15, 0.2) is 54.6 Å². The number of hydrogen-bond acceptors (Lipinski definition) is 4. The van der Waals surface area contributed by atoms with Gasteiger partial charge in [-0.3, -0.25) is 0 Å². The number of allylic oxidation sites excluding steroid dienone is 1. The fourth-order valence-corrected chi connectivity index (χ4v) is 1.98. The Balaban J connectivity index is 1.90. The minimum Gasteiger partial charge on any atom is -0.504 e. The molecule has 0 bridgehead atoms. The normalized spacial score (nSPS) is 11.2. The van der Waals surface area contributed by atoms with Gasteiger partial charge < -0.3 is 14.9 Å². The van der Waals surface area contributed by atoms with Crippen LogP contribution in [0.4, 0.5) is 0 Å². The zero-order valence-corrected chi connectivity index (χ0v) is 12.3. The van der Waals surface area contributed by atoms with Crippen molar-refractivity contribution in [1.82, 2.24) is 0 Å². The molecule has 0 aliphatic rings. The van der Waals surface area contributed by atoms with E-state index in [0.717, 1.165) is 5.56 Å². The number of carbonyl (C=O) groups excluding carboxylic acids is 1. The van der Waals surface area contributed by atoms with Crippen molar-refractivity contribution in [1.29, 1.82) is 0 Å². The summed E-state index contributed by atoms with van der Waals surface area (Å²) >= 11 is 0. The highest BCUT2D eigenvalue weighted by Gasteiger charge is 2.05. The van der Waals surface area contributed by atoms with Crippen LogP contribution < -0.4 is 0 Å². The maximum absolute atomic E-state index is 11.8. The van der Waals surface area contributed by atoms with Gasteiger partial charge in [-0.2, -0.15) is 0 Å². The number of rotatable bonds is 5. The van der Waals surface area contributed by atoms with E-state index in [4.69, 9.17) is 4.74 Å². The molecule has 0 aliphatic heterocycles. The molecule has 2 rings (SSSR count). The van der Waals surface area contributed by atoms with Crippen LogP contribution in [0.1, 0.15) is 18.1 Å². The number of hydrogen-bond donors (Lipinski definition) is 2. The second kappa shape index (κ2) is 7.31. The smallest absolute Gasteiger partial charge is 0.331 e. The number of phenols is 2. The Labute approximate surface area is 129 Å². The molecule has 0 amide bonds. The Hall–Kier alpha value is -2.75. The van der Waals surface area contributed by atoms with Crippen LogP contribution in [0.5, 0.6) is 11.5 Å². The molecule has 2 N–H and O–H groups in total. The first-order valence-electron chi connectivity index (χ1n) is 6.97. The van der Waals surface area contributed by atoms with Gasteiger partial charge >= 0.3 is 5.97 Å². The van der Waals surface area contributed by atoms with E-state index in [0.29, 0.717) is 24.2 Å². The number of aromatic hydroxyl groups is 2. The summed E-state index contributed by atoms with van der Waals surface area (Å²) in [6.07, 6.45) is 2.04. The summed E-state index contributed by atoms with van der Waals surface area (Å²) in [7, 11) is 0. The second-order valence-corrected chi connectivity index (χ2v) is 4.93. The molecule has 0 aromatic heterocycles. The van der Waals surface area contributed by atoms with Gasteiger partial charge in [0.25, 0.3) is 0 Å². The second-order valence-electron chi connectivity index (χ2n) is 4.93. The predicted molar refractivity (Wildman–Crippen MR) is 84.5 cm³/mol. The van der Waals surface area contributed by atoms with Gasteiger partial charge in [-0.15, -0.1) is 0 Å². The van der Waals surface area contributed by atoms with E-state index in [-0.39, 0.29) is 11.5 Å². The van der Waals surface area contributed by atoms with Crippen molar-refractivity contribution in [2.24, 2.45) is 0 Å². The van der Waals surface area contributed by atoms with E-state index in [1.807, 2.05) is 30.3 Å². The quantitative estimate of drug-likeness (QED) is 0.505. The topological polar surface area (TPSA) is 66.8 Å². The highest BCUT2D eigenvalue weighted by atomic mass is 16.5. The van der Waals surface area contributed by atoms with Crippen molar-refractivity contribution in [3.63, 3.8) is 0 Å². The third kappa shape index (κ3) is 4.38. The number of phenolic OH excluding ortho intramolecular Hbond substituents is 2. The lowest BCUT2D eigenvalue weighted by molar-refractivity contribution is -0.137. The molecule has 0 fully saturated rings. The molecule has 0 radical (unpaired) electrons. The highest BCUT2D eigenvalue weighted by molar-refractivity contribution is 5.91. The minimum atomic E-state index is -0.430. The number of carbonyl (C=O) groups is 1. The van der Waals surface area contributed by atoms with Gasteiger partial charge in [0.05, 0.1) is 6.61 Å². The lowest BCUT2D eigenvalue weighted by atomic mass is 10.1. The van der Waals surface area contributed by atoms with Crippen molar-refractivity contribution in [2.45, 2.75) is 13.3 Å². The third-order valence-electron chi connectivity index (χ3n) is 3.24. The van der Waals surface area contributed by atoms with Gasteiger partial charge in [0.2, 0.25) is 0 Å². The maximum atomic E-state index is 11.8. The summed E-state index contributed by atoms with van der Waals surface area (Å²) in [4.78, 5) is 11.8. The van der Waals surface area contributed by atoms with E-state index < -0.39 is 5.97 Å².